The molecule has 24 heavy (non-hydrogen) atoms. The SMILES string of the molecule is O=C(Cc1ccon1)N[C@H]1CN(Cc2ccccc2)CC[C@@H]1CO. The predicted octanol–water partition coefficient (Wildman–Crippen LogP) is 1.22. The molecule has 2 N–H and O–H groups in total. The Hall–Kier alpha value is -2.18. The van der Waals surface area contributed by atoms with Crippen molar-refractivity contribution in [1.82, 2.24) is 15.4 Å². The van der Waals surface area contributed by atoms with Gasteiger partial charge in [-0.1, -0.05) is 35.5 Å². The van der Waals surface area contributed by atoms with E-state index in [-0.39, 0.29) is 30.9 Å². The van der Waals surface area contributed by atoms with Crippen LogP contribution in [0.3, 0.4) is 0 Å². The van der Waals surface area contributed by atoms with E-state index < -0.39 is 0 Å². The summed E-state index contributed by atoms with van der Waals surface area (Å²) in [4.78, 5) is 14.5. The van der Waals surface area contributed by atoms with Crippen molar-refractivity contribution in [3.05, 3.63) is 53.9 Å². The maximum absolute atomic E-state index is 12.2. The van der Waals surface area contributed by atoms with Crippen LogP contribution in [0.5, 0.6) is 0 Å². The van der Waals surface area contributed by atoms with E-state index in [1.807, 2.05) is 18.2 Å². The topological polar surface area (TPSA) is 78.6 Å². The molecule has 1 aromatic heterocycles. The Kier molecular flexibility index (Phi) is 5.61. The van der Waals surface area contributed by atoms with Crippen LogP contribution < -0.4 is 5.32 Å². The first-order valence-electron chi connectivity index (χ1n) is 8.30. The van der Waals surface area contributed by atoms with E-state index in [4.69, 9.17) is 4.52 Å². The molecule has 0 radical (unpaired) electrons. The van der Waals surface area contributed by atoms with Gasteiger partial charge in [0.25, 0.3) is 0 Å². The number of carbonyl (C=O) groups excluding carboxylic acids is 1. The minimum Gasteiger partial charge on any atom is -0.396 e. The number of aliphatic hydroxyl groups excluding tert-OH is 1. The molecule has 0 unspecified atom stereocenters. The lowest BCUT2D eigenvalue weighted by Crippen LogP contribution is -2.53. The largest absolute Gasteiger partial charge is 0.396 e. The van der Waals surface area contributed by atoms with Crippen molar-refractivity contribution in [2.45, 2.75) is 25.4 Å². The summed E-state index contributed by atoms with van der Waals surface area (Å²) in [6.07, 6.45) is 2.53. The Morgan fingerprint density at radius 3 is 2.88 bits per heavy atom. The number of nitrogens with zero attached hydrogens (tertiary/aromatic N) is 2. The molecule has 6 nitrogen and oxygen atoms in total. The molecule has 1 aromatic carbocycles. The van der Waals surface area contributed by atoms with Gasteiger partial charge < -0.3 is 14.9 Å². The highest BCUT2D eigenvalue weighted by Crippen LogP contribution is 2.19. The molecule has 0 aliphatic carbocycles. The van der Waals surface area contributed by atoms with Crippen LogP contribution in [0.4, 0.5) is 0 Å². The Morgan fingerprint density at radius 2 is 2.17 bits per heavy atom. The second-order valence-corrected chi connectivity index (χ2v) is 6.29. The highest BCUT2D eigenvalue weighted by atomic mass is 16.5. The third-order valence-corrected chi connectivity index (χ3v) is 4.50. The van der Waals surface area contributed by atoms with Crippen LogP contribution in [0.1, 0.15) is 17.7 Å². The fourth-order valence-corrected chi connectivity index (χ4v) is 3.19. The molecular formula is C18H23N3O3. The van der Waals surface area contributed by atoms with Gasteiger partial charge in [-0.15, -0.1) is 0 Å². The summed E-state index contributed by atoms with van der Waals surface area (Å²) in [5, 5.41) is 16.4. The number of hydrogen-bond donors (Lipinski definition) is 2. The maximum atomic E-state index is 12.2. The smallest absolute Gasteiger partial charge is 0.226 e. The summed E-state index contributed by atoms with van der Waals surface area (Å²) in [7, 11) is 0. The number of nitrogens with one attached hydrogen (secondary N) is 1. The summed E-state index contributed by atoms with van der Waals surface area (Å²) < 4.78 is 4.75. The van der Waals surface area contributed by atoms with Crippen molar-refractivity contribution >= 4 is 5.91 Å². The van der Waals surface area contributed by atoms with Gasteiger partial charge in [-0.25, -0.2) is 0 Å². The fourth-order valence-electron chi connectivity index (χ4n) is 3.19. The molecular weight excluding hydrogens is 306 g/mol. The Labute approximate surface area is 141 Å². The number of rotatable bonds is 6. The Balaban J connectivity index is 1.57. The molecule has 2 aromatic rings. The minimum atomic E-state index is -0.0890. The number of amides is 1. The lowest BCUT2D eigenvalue weighted by Gasteiger charge is -2.38. The molecule has 1 aliphatic heterocycles. The lowest BCUT2D eigenvalue weighted by atomic mass is 9.91. The number of piperidine rings is 1. The molecule has 3 rings (SSSR count). The van der Waals surface area contributed by atoms with Crippen molar-refractivity contribution in [1.29, 1.82) is 0 Å². The monoisotopic (exact) mass is 329 g/mol. The number of carbonyl (C=O) groups is 1. The molecule has 1 amide bonds. The zero-order chi connectivity index (χ0) is 16.8. The fraction of sp³-hybridized carbons (Fsp3) is 0.444. The molecule has 6 heteroatoms. The van der Waals surface area contributed by atoms with E-state index in [0.717, 1.165) is 26.1 Å². The molecule has 0 spiro atoms. The van der Waals surface area contributed by atoms with Gasteiger partial charge in [0.1, 0.15) is 6.26 Å². The molecule has 2 heterocycles. The van der Waals surface area contributed by atoms with Gasteiger partial charge >= 0.3 is 0 Å². The van der Waals surface area contributed by atoms with E-state index in [9.17, 15) is 9.90 Å². The maximum Gasteiger partial charge on any atom is 0.226 e. The molecule has 1 saturated heterocycles. The van der Waals surface area contributed by atoms with E-state index in [2.05, 4.69) is 27.5 Å². The number of aliphatic hydroxyl groups is 1. The molecule has 1 fully saturated rings. The Morgan fingerprint density at radius 1 is 1.33 bits per heavy atom. The van der Waals surface area contributed by atoms with Crippen LogP contribution in [0.25, 0.3) is 0 Å². The lowest BCUT2D eigenvalue weighted by molar-refractivity contribution is -0.122. The molecule has 1 aliphatic rings. The van der Waals surface area contributed by atoms with Crippen molar-refractivity contribution in [3.63, 3.8) is 0 Å². The summed E-state index contributed by atoms with van der Waals surface area (Å²) in [6, 6.07) is 11.9. The molecule has 128 valence electrons. The normalized spacial score (nSPS) is 21.5. The van der Waals surface area contributed by atoms with E-state index in [0.29, 0.717) is 5.69 Å². The first-order chi connectivity index (χ1) is 11.7. The number of likely N-dealkylation sites (tertiary alicyclic amines) is 1. The summed E-state index contributed by atoms with van der Waals surface area (Å²) in [5.74, 6) is 0.00666. The summed E-state index contributed by atoms with van der Waals surface area (Å²) in [6.45, 7) is 2.61. The molecule has 2 atom stereocenters. The van der Waals surface area contributed by atoms with Crippen molar-refractivity contribution in [3.8, 4) is 0 Å². The number of aromatic nitrogens is 1. The van der Waals surface area contributed by atoms with Crippen LogP contribution in [0, 0.1) is 5.92 Å². The molecule has 0 bridgehead atoms. The third-order valence-electron chi connectivity index (χ3n) is 4.50. The first kappa shape index (κ1) is 16.7. The van der Waals surface area contributed by atoms with Gasteiger partial charge in [0.05, 0.1) is 12.1 Å². The van der Waals surface area contributed by atoms with Crippen LogP contribution in [0.2, 0.25) is 0 Å². The predicted molar refractivity (Wildman–Crippen MR) is 89.0 cm³/mol. The number of hydrogen-bond acceptors (Lipinski definition) is 5. The van der Waals surface area contributed by atoms with Gasteiger partial charge in [0, 0.05) is 37.7 Å². The average Bonchev–Trinajstić information content (AvgIpc) is 3.09. The second-order valence-electron chi connectivity index (χ2n) is 6.29. The van der Waals surface area contributed by atoms with Crippen molar-refractivity contribution < 1.29 is 14.4 Å². The van der Waals surface area contributed by atoms with Gasteiger partial charge in [-0.3, -0.25) is 9.69 Å². The van der Waals surface area contributed by atoms with Crippen LogP contribution >= 0.6 is 0 Å². The zero-order valence-corrected chi connectivity index (χ0v) is 13.6. The van der Waals surface area contributed by atoms with Gasteiger partial charge in [-0.05, 0) is 18.5 Å². The van der Waals surface area contributed by atoms with Gasteiger partial charge in [0.15, 0.2) is 0 Å². The van der Waals surface area contributed by atoms with Crippen molar-refractivity contribution in [2.75, 3.05) is 19.7 Å². The quantitative estimate of drug-likeness (QED) is 0.833. The van der Waals surface area contributed by atoms with E-state index in [1.165, 1.54) is 11.8 Å². The van der Waals surface area contributed by atoms with Gasteiger partial charge in [-0.2, -0.15) is 0 Å². The second kappa shape index (κ2) is 8.08. The van der Waals surface area contributed by atoms with E-state index >= 15 is 0 Å². The van der Waals surface area contributed by atoms with Crippen LogP contribution in [-0.2, 0) is 17.8 Å². The highest BCUT2D eigenvalue weighted by molar-refractivity contribution is 5.78. The van der Waals surface area contributed by atoms with Crippen LogP contribution in [-0.4, -0.2) is 46.8 Å². The Bertz CT molecular complexity index is 630. The summed E-state index contributed by atoms with van der Waals surface area (Å²) >= 11 is 0. The average molecular weight is 329 g/mol. The summed E-state index contributed by atoms with van der Waals surface area (Å²) in [5.41, 5.74) is 1.87. The van der Waals surface area contributed by atoms with Crippen LogP contribution in [0.15, 0.2) is 47.2 Å². The third kappa shape index (κ3) is 4.43. The van der Waals surface area contributed by atoms with Gasteiger partial charge in [0.2, 0.25) is 5.91 Å². The standard InChI is InChI=1S/C18H23N3O3/c22-13-15-6-8-21(11-14-4-2-1-3-5-14)12-17(15)19-18(23)10-16-7-9-24-20-16/h1-5,7,9,15,17,22H,6,8,10-13H2,(H,19,23)/t15-,17+/m1/s1. The number of benzene rings is 1. The van der Waals surface area contributed by atoms with Crippen molar-refractivity contribution in [2.24, 2.45) is 5.92 Å². The zero-order valence-electron chi connectivity index (χ0n) is 13.6. The molecule has 0 saturated carbocycles. The van der Waals surface area contributed by atoms with E-state index in [1.54, 1.807) is 6.07 Å². The minimum absolute atomic E-state index is 0.0492. The highest BCUT2D eigenvalue weighted by Gasteiger charge is 2.30. The first-order valence-corrected chi connectivity index (χ1v) is 8.30.